The maximum absolute atomic E-state index is 15.1. The molecule has 2 heteroatoms. The minimum Gasteiger partial charge on any atom is -0.251 e. The Morgan fingerprint density at radius 3 is 1.97 bits per heavy atom. The number of hydrogen-bond donors (Lipinski definition) is 0. The fraction of sp³-hybridized carbons (Fsp3) is 0.613. The minimum atomic E-state index is -0.156. The SMILES string of the molecule is CCc1ccc(-c2ccc(C3CCC([C@H]4CC[C@H](CCCCCF)CC4)CC3)c(F)c2)cc1. The Morgan fingerprint density at radius 1 is 0.727 bits per heavy atom. The molecule has 0 atom stereocenters. The van der Waals surface area contributed by atoms with Gasteiger partial charge >= 0.3 is 0 Å². The van der Waals surface area contributed by atoms with Crippen molar-refractivity contribution in [3.05, 3.63) is 59.4 Å². The second kappa shape index (κ2) is 12.1. The van der Waals surface area contributed by atoms with Gasteiger partial charge in [0.05, 0.1) is 6.67 Å². The van der Waals surface area contributed by atoms with Crippen molar-refractivity contribution in [2.24, 2.45) is 17.8 Å². The molecule has 0 bridgehead atoms. The first kappa shape index (κ1) is 24.4. The van der Waals surface area contributed by atoms with Crippen LogP contribution < -0.4 is 0 Å². The number of benzene rings is 2. The first-order valence-electron chi connectivity index (χ1n) is 13.6. The quantitative estimate of drug-likeness (QED) is 0.332. The number of unbranched alkanes of at least 4 members (excludes halogenated alkanes) is 2. The Hall–Kier alpha value is -1.70. The summed E-state index contributed by atoms with van der Waals surface area (Å²) in [6.45, 7) is 2.00. The maximum Gasteiger partial charge on any atom is 0.127 e. The number of alkyl halides is 1. The van der Waals surface area contributed by atoms with Crippen molar-refractivity contribution in [3.8, 4) is 11.1 Å². The van der Waals surface area contributed by atoms with E-state index in [9.17, 15) is 4.39 Å². The monoisotopic (exact) mass is 452 g/mol. The lowest BCUT2D eigenvalue weighted by Crippen LogP contribution is -2.25. The van der Waals surface area contributed by atoms with E-state index in [1.807, 2.05) is 0 Å². The van der Waals surface area contributed by atoms with E-state index in [4.69, 9.17) is 0 Å². The van der Waals surface area contributed by atoms with Crippen molar-refractivity contribution < 1.29 is 8.78 Å². The summed E-state index contributed by atoms with van der Waals surface area (Å²) in [5.41, 5.74) is 4.32. The minimum absolute atomic E-state index is 0.0243. The van der Waals surface area contributed by atoms with Gasteiger partial charge < -0.3 is 0 Å². The molecule has 0 amide bonds. The summed E-state index contributed by atoms with van der Waals surface area (Å²) in [5.74, 6) is 2.95. The zero-order valence-electron chi connectivity index (χ0n) is 20.5. The highest BCUT2D eigenvalue weighted by Gasteiger charge is 2.31. The predicted octanol–water partition coefficient (Wildman–Crippen LogP) is 9.67. The zero-order chi connectivity index (χ0) is 23.0. The molecule has 2 aliphatic carbocycles. The molecule has 180 valence electrons. The third-order valence-corrected chi connectivity index (χ3v) is 8.71. The van der Waals surface area contributed by atoms with E-state index in [-0.39, 0.29) is 12.5 Å². The van der Waals surface area contributed by atoms with Crippen LogP contribution >= 0.6 is 0 Å². The largest absolute Gasteiger partial charge is 0.251 e. The zero-order valence-corrected chi connectivity index (χ0v) is 20.5. The van der Waals surface area contributed by atoms with Gasteiger partial charge in [0.25, 0.3) is 0 Å². The van der Waals surface area contributed by atoms with E-state index in [1.54, 1.807) is 6.07 Å². The molecule has 2 aromatic rings. The lowest BCUT2D eigenvalue weighted by molar-refractivity contribution is 0.155. The average molecular weight is 453 g/mol. The highest BCUT2D eigenvalue weighted by Crippen LogP contribution is 2.45. The van der Waals surface area contributed by atoms with Crippen LogP contribution in [0.15, 0.2) is 42.5 Å². The van der Waals surface area contributed by atoms with E-state index in [0.717, 1.165) is 66.5 Å². The number of hydrogen-bond acceptors (Lipinski definition) is 0. The topological polar surface area (TPSA) is 0 Å². The predicted molar refractivity (Wildman–Crippen MR) is 136 cm³/mol. The molecular weight excluding hydrogens is 410 g/mol. The smallest absolute Gasteiger partial charge is 0.127 e. The molecule has 2 saturated carbocycles. The molecule has 0 heterocycles. The van der Waals surface area contributed by atoms with E-state index in [1.165, 1.54) is 56.9 Å². The standard InChI is InChI=1S/C31H42F2/c1-2-23-7-11-27(12-8-23)29-19-20-30(31(33)22-29)28-17-15-26(16-18-28)25-13-9-24(10-14-25)6-4-3-5-21-32/h7-8,11-12,19-20,22,24-26,28H,2-6,9-10,13-18,21H2,1H3/t24-,25-,26?,28?. The highest BCUT2D eigenvalue weighted by molar-refractivity contribution is 5.64. The van der Waals surface area contributed by atoms with Crippen LogP contribution in [0.5, 0.6) is 0 Å². The van der Waals surface area contributed by atoms with Gasteiger partial charge in [-0.1, -0.05) is 75.4 Å². The molecule has 0 aliphatic heterocycles. The third kappa shape index (κ3) is 6.46. The van der Waals surface area contributed by atoms with Gasteiger partial charge in [0, 0.05) is 0 Å². The molecule has 33 heavy (non-hydrogen) atoms. The van der Waals surface area contributed by atoms with Gasteiger partial charge in [-0.2, -0.15) is 0 Å². The van der Waals surface area contributed by atoms with Crippen LogP contribution in [0, 0.1) is 23.6 Å². The van der Waals surface area contributed by atoms with Crippen LogP contribution in [0.3, 0.4) is 0 Å². The fourth-order valence-corrected chi connectivity index (χ4v) is 6.52. The van der Waals surface area contributed by atoms with Crippen molar-refractivity contribution in [2.45, 2.75) is 96.3 Å². The maximum atomic E-state index is 15.1. The second-order valence-corrected chi connectivity index (χ2v) is 10.7. The summed E-state index contributed by atoms with van der Waals surface area (Å²) in [6.07, 6.45) is 15.6. The van der Waals surface area contributed by atoms with Gasteiger partial charge in [-0.3, -0.25) is 4.39 Å². The fourth-order valence-electron chi connectivity index (χ4n) is 6.52. The van der Waals surface area contributed by atoms with Gasteiger partial charge in [0.1, 0.15) is 5.82 Å². The van der Waals surface area contributed by atoms with Crippen LogP contribution in [-0.2, 0) is 6.42 Å². The summed E-state index contributed by atoms with van der Waals surface area (Å²) in [4.78, 5) is 0. The van der Waals surface area contributed by atoms with Crippen molar-refractivity contribution in [1.82, 2.24) is 0 Å². The molecule has 0 spiro atoms. The molecular formula is C31H42F2. The van der Waals surface area contributed by atoms with Gasteiger partial charge in [-0.25, -0.2) is 4.39 Å². The van der Waals surface area contributed by atoms with Gasteiger partial charge in [0.15, 0.2) is 0 Å². The summed E-state index contributed by atoms with van der Waals surface area (Å²) in [5, 5.41) is 0. The molecule has 2 aliphatic rings. The van der Waals surface area contributed by atoms with E-state index in [2.05, 4.69) is 43.3 Å². The molecule has 0 aromatic heterocycles. The second-order valence-electron chi connectivity index (χ2n) is 10.7. The van der Waals surface area contributed by atoms with E-state index < -0.39 is 0 Å². The molecule has 0 N–H and O–H groups in total. The molecule has 0 unspecified atom stereocenters. The Bertz CT molecular complexity index is 840. The van der Waals surface area contributed by atoms with Crippen molar-refractivity contribution >= 4 is 0 Å². The van der Waals surface area contributed by atoms with Crippen LogP contribution in [-0.4, -0.2) is 6.67 Å². The van der Waals surface area contributed by atoms with Crippen molar-refractivity contribution in [3.63, 3.8) is 0 Å². The van der Waals surface area contributed by atoms with Crippen LogP contribution in [0.25, 0.3) is 11.1 Å². The lowest BCUT2D eigenvalue weighted by Gasteiger charge is -2.38. The summed E-state index contributed by atoms with van der Waals surface area (Å²) < 4.78 is 27.4. The van der Waals surface area contributed by atoms with Gasteiger partial charge in [0.2, 0.25) is 0 Å². The Balaban J connectivity index is 1.26. The Morgan fingerprint density at radius 2 is 1.36 bits per heavy atom. The first-order chi connectivity index (χ1) is 16.2. The highest BCUT2D eigenvalue weighted by atomic mass is 19.1. The van der Waals surface area contributed by atoms with E-state index in [0.29, 0.717) is 5.92 Å². The van der Waals surface area contributed by atoms with Crippen molar-refractivity contribution in [2.75, 3.05) is 6.67 Å². The lowest BCUT2D eigenvalue weighted by atomic mass is 9.68. The van der Waals surface area contributed by atoms with Crippen LogP contribution in [0.1, 0.15) is 101 Å². The van der Waals surface area contributed by atoms with Gasteiger partial charge in [-0.15, -0.1) is 0 Å². The van der Waals surface area contributed by atoms with E-state index >= 15 is 4.39 Å². The summed E-state index contributed by atoms with van der Waals surface area (Å²) >= 11 is 0. The number of rotatable bonds is 9. The Labute approximate surface area is 200 Å². The third-order valence-electron chi connectivity index (χ3n) is 8.71. The molecule has 0 nitrogen and oxygen atoms in total. The summed E-state index contributed by atoms with van der Waals surface area (Å²) in [6, 6.07) is 14.4. The molecule has 2 fully saturated rings. The van der Waals surface area contributed by atoms with Crippen LogP contribution in [0.2, 0.25) is 0 Å². The molecule has 0 saturated heterocycles. The average Bonchev–Trinajstić information content (AvgIpc) is 2.87. The normalized spacial score (nSPS) is 25.8. The van der Waals surface area contributed by atoms with Crippen molar-refractivity contribution in [1.29, 1.82) is 0 Å². The van der Waals surface area contributed by atoms with Gasteiger partial charge in [-0.05, 0) is 103 Å². The summed E-state index contributed by atoms with van der Waals surface area (Å²) in [7, 11) is 0. The molecule has 2 aromatic carbocycles. The molecule has 4 rings (SSSR count). The molecule has 0 radical (unpaired) electrons. The first-order valence-corrected chi connectivity index (χ1v) is 13.6. The Kier molecular flexibility index (Phi) is 8.98. The number of halogens is 2. The number of aryl methyl sites for hydroxylation is 1. The van der Waals surface area contributed by atoms with Crippen LogP contribution in [0.4, 0.5) is 8.78 Å².